The zero-order chi connectivity index (χ0) is 23.3. The fourth-order valence-electron chi connectivity index (χ4n) is 2.67. The number of hydrogen-bond acceptors (Lipinski definition) is 8. The molecule has 0 radical (unpaired) electrons. The molecule has 2 amide bonds. The number of nitrogens with one attached hydrogen (secondary N) is 2. The molecular weight excluding hydrogens is 416 g/mol. The minimum absolute atomic E-state index is 0.0664. The Bertz CT molecular complexity index is 911. The van der Waals surface area contributed by atoms with Gasteiger partial charge >= 0.3 is 0 Å². The molecule has 0 saturated carbocycles. The minimum Gasteiger partial charge on any atom is -0.508 e. The molecule has 0 aliphatic carbocycles. The van der Waals surface area contributed by atoms with Crippen molar-refractivity contribution in [3.8, 4) is 23.0 Å². The van der Waals surface area contributed by atoms with Crippen molar-refractivity contribution in [2.24, 2.45) is 10.2 Å². The summed E-state index contributed by atoms with van der Waals surface area (Å²) in [5, 5.41) is 45.2. The van der Waals surface area contributed by atoms with E-state index in [2.05, 4.69) is 21.1 Å². The Morgan fingerprint density at radius 1 is 0.688 bits per heavy atom. The number of carbonyl (C=O) groups excluding carboxylic acids is 2. The molecular formula is C22H26N4O6. The largest absolute Gasteiger partial charge is 0.508 e. The van der Waals surface area contributed by atoms with Crippen LogP contribution in [0.3, 0.4) is 0 Å². The Hall–Kier alpha value is -4.08. The summed E-state index contributed by atoms with van der Waals surface area (Å²) in [5.41, 5.74) is 5.47. The maximum atomic E-state index is 11.8. The van der Waals surface area contributed by atoms with Gasteiger partial charge < -0.3 is 20.4 Å². The Kier molecular flexibility index (Phi) is 9.51. The molecule has 170 valence electrons. The number of phenols is 4. The summed E-state index contributed by atoms with van der Waals surface area (Å²) < 4.78 is 0. The summed E-state index contributed by atoms with van der Waals surface area (Å²) in [6, 6.07) is 8.09. The predicted molar refractivity (Wildman–Crippen MR) is 119 cm³/mol. The number of benzene rings is 2. The Morgan fingerprint density at radius 2 is 1.09 bits per heavy atom. The highest BCUT2D eigenvalue weighted by molar-refractivity contribution is 5.86. The van der Waals surface area contributed by atoms with Crippen LogP contribution in [0.4, 0.5) is 0 Å². The maximum absolute atomic E-state index is 11.8. The van der Waals surface area contributed by atoms with Crippen LogP contribution in [0, 0.1) is 0 Å². The lowest BCUT2D eigenvalue weighted by molar-refractivity contribution is -0.122. The lowest BCUT2D eigenvalue weighted by Gasteiger charge is -2.03. The van der Waals surface area contributed by atoms with Crippen molar-refractivity contribution in [2.45, 2.75) is 38.5 Å². The van der Waals surface area contributed by atoms with Crippen molar-refractivity contribution in [3.05, 3.63) is 47.5 Å². The van der Waals surface area contributed by atoms with Crippen LogP contribution in [0.5, 0.6) is 23.0 Å². The highest BCUT2D eigenvalue weighted by Crippen LogP contribution is 2.21. The maximum Gasteiger partial charge on any atom is 0.240 e. The van der Waals surface area contributed by atoms with Gasteiger partial charge in [0.2, 0.25) is 11.8 Å². The van der Waals surface area contributed by atoms with Crippen LogP contribution in [0.15, 0.2) is 46.6 Å². The number of phenolic OH excluding ortho intramolecular Hbond substituents is 4. The Labute approximate surface area is 184 Å². The molecule has 0 unspecified atom stereocenters. The SMILES string of the molecule is O=C(CCCCCCC(=O)N/N=C/c1ccc(O)cc1O)N/N=C/c1ccc(O)cc1O. The first kappa shape index (κ1) is 24.2. The summed E-state index contributed by atoms with van der Waals surface area (Å²) in [7, 11) is 0. The molecule has 0 bridgehead atoms. The third-order valence-electron chi connectivity index (χ3n) is 4.37. The number of amides is 2. The van der Waals surface area contributed by atoms with Gasteiger partial charge in [-0.2, -0.15) is 10.2 Å². The van der Waals surface area contributed by atoms with E-state index in [-0.39, 0.29) is 47.7 Å². The lowest BCUT2D eigenvalue weighted by Crippen LogP contribution is -2.17. The predicted octanol–water partition coefficient (Wildman–Crippen LogP) is 2.45. The van der Waals surface area contributed by atoms with Gasteiger partial charge in [0, 0.05) is 36.1 Å². The molecule has 0 fully saturated rings. The number of hydrogen-bond donors (Lipinski definition) is 6. The Balaban J connectivity index is 1.54. The zero-order valence-corrected chi connectivity index (χ0v) is 17.4. The standard InChI is InChI=1S/C22H26N4O6/c27-17-9-7-15(19(29)11-17)13-23-25-21(31)5-3-1-2-4-6-22(32)26-24-14-16-8-10-18(28)12-20(16)30/h7-14,27-30H,1-6H2,(H,25,31)(H,26,32)/b23-13+,24-14+. The molecule has 32 heavy (non-hydrogen) atoms. The molecule has 6 N–H and O–H groups in total. The van der Waals surface area contributed by atoms with Crippen molar-refractivity contribution >= 4 is 24.2 Å². The van der Waals surface area contributed by atoms with Crippen molar-refractivity contribution in [3.63, 3.8) is 0 Å². The van der Waals surface area contributed by atoms with Crippen molar-refractivity contribution in [2.75, 3.05) is 0 Å². The van der Waals surface area contributed by atoms with E-state index < -0.39 is 0 Å². The highest BCUT2D eigenvalue weighted by atomic mass is 16.3. The van der Waals surface area contributed by atoms with Crippen LogP contribution in [-0.4, -0.2) is 44.7 Å². The van der Waals surface area contributed by atoms with E-state index in [9.17, 15) is 30.0 Å². The van der Waals surface area contributed by atoms with E-state index in [1.807, 2.05) is 0 Å². The summed E-state index contributed by atoms with van der Waals surface area (Å²) in [5.74, 6) is -0.938. The molecule has 0 spiro atoms. The number of hydrazone groups is 2. The molecule has 0 aliphatic heterocycles. The van der Waals surface area contributed by atoms with Crippen molar-refractivity contribution in [1.82, 2.24) is 10.9 Å². The van der Waals surface area contributed by atoms with Crippen LogP contribution in [-0.2, 0) is 9.59 Å². The van der Waals surface area contributed by atoms with Crippen molar-refractivity contribution < 1.29 is 30.0 Å². The van der Waals surface area contributed by atoms with Crippen LogP contribution in [0.2, 0.25) is 0 Å². The molecule has 10 heteroatoms. The van der Waals surface area contributed by atoms with E-state index in [1.165, 1.54) is 48.8 Å². The molecule has 0 saturated heterocycles. The second kappa shape index (κ2) is 12.6. The first-order valence-electron chi connectivity index (χ1n) is 10.0. The van der Waals surface area contributed by atoms with E-state index in [1.54, 1.807) is 0 Å². The molecule has 10 nitrogen and oxygen atoms in total. The van der Waals surface area contributed by atoms with Crippen molar-refractivity contribution in [1.29, 1.82) is 0 Å². The average molecular weight is 442 g/mol. The number of carbonyl (C=O) groups is 2. The minimum atomic E-state index is -0.260. The van der Waals surface area contributed by atoms with Gasteiger partial charge in [0.05, 0.1) is 12.4 Å². The normalized spacial score (nSPS) is 11.1. The van der Waals surface area contributed by atoms with Gasteiger partial charge in [-0.25, -0.2) is 10.9 Å². The highest BCUT2D eigenvalue weighted by Gasteiger charge is 2.04. The number of unbranched alkanes of at least 4 members (excludes halogenated alkanes) is 3. The fraction of sp³-hybridized carbons (Fsp3) is 0.273. The number of nitrogens with zero attached hydrogens (tertiary/aromatic N) is 2. The fourth-order valence-corrected chi connectivity index (χ4v) is 2.67. The summed E-state index contributed by atoms with van der Waals surface area (Å²) >= 11 is 0. The molecule has 2 aromatic carbocycles. The molecule has 0 atom stereocenters. The van der Waals surface area contributed by atoms with Crippen LogP contribution in [0.25, 0.3) is 0 Å². The monoisotopic (exact) mass is 442 g/mol. The van der Waals surface area contributed by atoms with Gasteiger partial charge in [-0.05, 0) is 37.1 Å². The topological polar surface area (TPSA) is 164 Å². The third-order valence-corrected chi connectivity index (χ3v) is 4.37. The second-order valence-electron chi connectivity index (χ2n) is 6.99. The summed E-state index contributed by atoms with van der Waals surface area (Å²) in [4.78, 5) is 23.5. The third kappa shape index (κ3) is 8.74. The summed E-state index contributed by atoms with van der Waals surface area (Å²) in [6.45, 7) is 0. The zero-order valence-electron chi connectivity index (χ0n) is 17.4. The van der Waals surface area contributed by atoms with Crippen LogP contribution < -0.4 is 10.9 Å². The van der Waals surface area contributed by atoms with Gasteiger partial charge in [-0.3, -0.25) is 9.59 Å². The molecule has 0 heterocycles. The Morgan fingerprint density at radius 3 is 1.47 bits per heavy atom. The molecule has 0 aromatic heterocycles. The van der Waals surface area contributed by atoms with Gasteiger partial charge in [0.15, 0.2) is 0 Å². The second-order valence-corrected chi connectivity index (χ2v) is 6.99. The first-order valence-corrected chi connectivity index (χ1v) is 10.0. The van der Waals surface area contributed by atoms with E-state index in [0.29, 0.717) is 24.0 Å². The van der Waals surface area contributed by atoms with Gasteiger partial charge in [-0.1, -0.05) is 12.8 Å². The van der Waals surface area contributed by atoms with E-state index in [0.717, 1.165) is 12.8 Å². The van der Waals surface area contributed by atoms with Crippen LogP contribution in [0.1, 0.15) is 49.7 Å². The molecule has 0 aliphatic rings. The number of aromatic hydroxyl groups is 4. The number of rotatable bonds is 11. The van der Waals surface area contributed by atoms with E-state index in [4.69, 9.17) is 0 Å². The quantitative estimate of drug-likeness (QED) is 0.178. The lowest BCUT2D eigenvalue weighted by atomic mass is 10.1. The van der Waals surface area contributed by atoms with Crippen LogP contribution >= 0.6 is 0 Å². The smallest absolute Gasteiger partial charge is 0.240 e. The van der Waals surface area contributed by atoms with Gasteiger partial charge in [0.25, 0.3) is 0 Å². The summed E-state index contributed by atoms with van der Waals surface area (Å²) in [6.07, 6.45) is 5.98. The molecule has 2 aromatic rings. The average Bonchev–Trinajstić information content (AvgIpc) is 2.73. The van der Waals surface area contributed by atoms with Gasteiger partial charge in [0.1, 0.15) is 23.0 Å². The molecule has 2 rings (SSSR count). The first-order chi connectivity index (χ1) is 15.3. The van der Waals surface area contributed by atoms with E-state index >= 15 is 0 Å². The van der Waals surface area contributed by atoms with Gasteiger partial charge in [-0.15, -0.1) is 0 Å².